The van der Waals surface area contributed by atoms with E-state index in [-0.39, 0.29) is 5.56 Å². The maximum atomic E-state index is 11.4. The molecule has 3 nitrogen and oxygen atoms in total. The van der Waals surface area contributed by atoms with Crippen LogP contribution in [0, 0.1) is 6.92 Å². The van der Waals surface area contributed by atoms with Crippen molar-refractivity contribution in [1.29, 1.82) is 0 Å². The Balaban J connectivity index is 2.27. The summed E-state index contributed by atoms with van der Waals surface area (Å²) in [4.78, 5) is 15.7. The fraction of sp³-hybridized carbons (Fsp3) is 0.200. The molecule has 0 unspecified atom stereocenters. The van der Waals surface area contributed by atoms with Gasteiger partial charge in [0.25, 0.3) is 5.56 Å². The topological polar surface area (TPSA) is 34.9 Å². The predicted octanol–water partition coefficient (Wildman–Crippen LogP) is 1.66. The van der Waals surface area contributed by atoms with E-state index in [9.17, 15) is 4.79 Å². The van der Waals surface area contributed by atoms with Crippen LogP contribution in [0.1, 0.15) is 10.7 Å². The van der Waals surface area contributed by atoms with Crippen molar-refractivity contribution in [2.24, 2.45) is 0 Å². The first-order chi connectivity index (χ1) is 6.75. The highest BCUT2D eigenvalue weighted by Crippen LogP contribution is 2.08. The quantitative estimate of drug-likeness (QED) is 0.749. The van der Waals surface area contributed by atoms with E-state index < -0.39 is 0 Å². The van der Waals surface area contributed by atoms with Crippen LogP contribution in [0.4, 0.5) is 0 Å². The fourth-order valence-electron chi connectivity index (χ4n) is 1.25. The third kappa shape index (κ3) is 1.90. The Hall–Kier alpha value is -1.42. The van der Waals surface area contributed by atoms with E-state index in [0.29, 0.717) is 6.54 Å². The Labute approximate surface area is 85.7 Å². The van der Waals surface area contributed by atoms with E-state index in [4.69, 9.17) is 0 Å². The Bertz CT molecular complexity index is 487. The standard InChI is InChI=1S/C10H10N2OS/c1-8-11-9(7-14-8)6-12-5-3-2-4-10(12)13/h2-5,7H,6H2,1H3. The molecule has 0 N–H and O–H groups in total. The van der Waals surface area contributed by atoms with E-state index in [1.54, 1.807) is 34.2 Å². The Morgan fingerprint density at radius 2 is 2.36 bits per heavy atom. The van der Waals surface area contributed by atoms with Gasteiger partial charge in [-0.1, -0.05) is 6.07 Å². The first-order valence-electron chi connectivity index (χ1n) is 4.32. The zero-order valence-electron chi connectivity index (χ0n) is 7.80. The maximum absolute atomic E-state index is 11.4. The van der Waals surface area contributed by atoms with Crippen LogP contribution in [0.25, 0.3) is 0 Å². The van der Waals surface area contributed by atoms with Crippen molar-refractivity contribution >= 4 is 11.3 Å². The normalized spacial score (nSPS) is 10.4. The highest BCUT2D eigenvalue weighted by molar-refractivity contribution is 7.09. The molecule has 0 aliphatic heterocycles. The lowest BCUT2D eigenvalue weighted by molar-refractivity contribution is 0.742. The molecule has 4 heteroatoms. The minimum absolute atomic E-state index is 0.0122. The summed E-state index contributed by atoms with van der Waals surface area (Å²) in [7, 11) is 0. The third-order valence-electron chi connectivity index (χ3n) is 1.90. The molecule has 0 saturated heterocycles. The van der Waals surface area contributed by atoms with Gasteiger partial charge in [0.15, 0.2) is 0 Å². The van der Waals surface area contributed by atoms with Crippen LogP contribution in [0.15, 0.2) is 34.6 Å². The minimum atomic E-state index is 0.0122. The summed E-state index contributed by atoms with van der Waals surface area (Å²) in [6, 6.07) is 5.14. The second-order valence-electron chi connectivity index (χ2n) is 3.02. The van der Waals surface area contributed by atoms with Gasteiger partial charge in [-0.25, -0.2) is 4.98 Å². The predicted molar refractivity (Wildman–Crippen MR) is 56.7 cm³/mol. The second-order valence-corrected chi connectivity index (χ2v) is 4.09. The van der Waals surface area contributed by atoms with Gasteiger partial charge >= 0.3 is 0 Å². The van der Waals surface area contributed by atoms with Crippen molar-refractivity contribution < 1.29 is 0 Å². The molecule has 0 fully saturated rings. The molecule has 0 saturated carbocycles. The number of thiazole rings is 1. The summed E-state index contributed by atoms with van der Waals surface area (Å²) in [6.45, 7) is 2.52. The molecule has 0 aliphatic carbocycles. The molecule has 0 atom stereocenters. The lowest BCUT2D eigenvalue weighted by atomic mass is 10.4. The van der Waals surface area contributed by atoms with Gasteiger partial charge in [-0.15, -0.1) is 11.3 Å². The van der Waals surface area contributed by atoms with E-state index in [1.807, 2.05) is 18.4 Å². The molecule has 0 spiro atoms. The number of pyridine rings is 1. The van der Waals surface area contributed by atoms with Gasteiger partial charge in [-0.05, 0) is 13.0 Å². The zero-order valence-corrected chi connectivity index (χ0v) is 8.62. The van der Waals surface area contributed by atoms with Crippen LogP contribution in [0.2, 0.25) is 0 Å². The number of hydrogen-bond acceptors (Lipinski definition) is 3. The molecule has 14 heavy (non-hydrogen) atoms. The molecule has 0 aromatic carbocycles. The van der Waals surface area contributed by atoms with Crippen molar-refractivity contribution in [1.82, 2.24) is 9.55 Å². The largest absolute Gasteiger partial charge is 0.310 e. The number of aryl methyl sites for hydroxylation is 1. The van der Waals surface area contributed by atoms with Crippen LogP contribution in [-0.2, 0) is 6.54 Å². The van der Waals surface area contributed by atoms with E-state index in [1.165, 1.54) is 0 Å². The SMILES string of the molecule is Cc1nc(Cn2ccccc2=O)cs1. The third-order valence-corrected chi connectivity index (χ3v) is 2.72. The van der Waals surface area contributed by atoms with Gasteiger partial charge in [0.05, 0.1) is 17.2 Å². The minimum Gasteiger partial charge on any atom is -0.310 e. The molecule has 2 aromatic rings. The molecule has 2 aromatic heterocycles. The molecule has 2 rings (SSSR count). The smallest absolute Gasteiger partial charge is 0.250 e. The fourth-order valence-corrected chi connectivity index (χ4v) is 1.85. The summed E-state index contributed by atoms with van der Waals surface area (Å²) in [5.41, 5.74) is 0.957. The summed E-state index contributed by atoms with van der Waals surface area (Å²) >= 11 is 1.60. The van der Waals surface area contributed by atoms with Gasteiger partial charge in [-0.2, -0.15) is 0 Å². The molecule has 0 radical (unpaired) electrons. The molecule has 72 valence electrons. The number of rotatable bonds is 2. The molecular weight excluding hydrogens is 196 g/mol. The molecule has 0 amide bonds. The lowest BCUT2D eigenvalue weighted by Crippen LogP contribution is -2.18. The summed E-state index contributed by atoms with van der Waals surface area (Å²) in [5, 5.41) is 3.01. The van der Waals surface area contributed by atoms with Crippen LogP contribution in [0.3, 0.4) is 0 Å². The maximum Gasteiger partial charge on any atom is 0.250 e. The monoisotopic (exact) mass is 206 g/mol. The van der Waals surface area contributed by atoms with Crippen LogP contribution in [0.5, 0.6) is 0 Å². The van der Waals surface area contributed by atoms with E-state index in [0.717, 1.165) is 10.7 Å². The second kappa shape index (κ2) is 3.75. The number of hydrogen-bond donors (Lipinski definition) is 0. The molecule has 0 bridgehead atoms. The molecule has 0 aliphatic rings. The van der Waals surface area contributed by atoms with Gasteiger partial charge in [0.2, 0.25) is 0 Å². The van der Waals surface area contributed by atoms with Crippen molar-refractivity contribution in [3.63, 3.8) is 0 Å². The lowest BCUT2D eigenvalue weighted by Gasteiger charge is -2.00. The average Bonchev–Trinajstić information content (AvgIpc) is 2.56. The van der Waals surface area contributed by atoms with Crippen LogP contribution >= 0.6 is 11.3 Å². The number of aromatic nitrogens is 2. The number of nitrogens with zero attached hydrogens (tertiary/aromatic N) is 2. The Morgan fingerprint density at radius 3 is 3.00 bits per heavy atom. The highest BCUT2D eigenvalue weighted by atomic mass is 32.1. The first-order valence-corrected chi connectivity index (χ1v) is 5.20. The summed E-state index contributed by atoms with van der Waals surface area (Å²) in [6.07, 6.45) is 1.77. The highest BCUT2D eigenvalue weighted by Gasteiger charge is 1.99. The van der Waals surface area contributed by atoms with Crippen LogP contribution in [-0.4, -0.2) is 9.55 Å². The van der Waals surface area contributed by atoms with E-state index >= 15 is 0 Å². The van der Waals surface area contributed by atoms with Gasteiger partial charge in [-0.3, -0.25) is 4.79 Å². The van der Waals surface area contributed by atoms with Gasteiger partial charge < -0.3 is 4.57 Å². The Kier molecular flexibility index (Phi) is 2.45. The summed E-state index contributed by atoms with van der Waals surface area (Å²) < 4.78 is 1.65. The van der Waals surface area contributed by atoms with Crippen molar-refractivity contribution in [3.8, 4) is 0 Å². The first kappa shape index (κ1) is 9.15. The van der Waals surface area contributed by atoms with Crippen molar-refractivity contribution in [3.05, 3.63) is 50.8 Å². The Morgan fingerprint density at radius 1 is 1.50 bits per heavy atom. The van der Waals surface area contributed by atoms with Gasteiger partial charge in [0, 0.05) is 17.6 Å². The van der Waals surface area contributed by atoms with Gasteiger partial charge in [0.1, 0.15) is 0 Å². The zero-order chi connectivity index (χ0) is 9.97. The summed E-state index contributed by atoms with van der Waals surface area (Å²) in [5.74, 6) is 0. The van der Waals surface area contributed by atoms with Crippen molar-refractivity contribution in [2.45, 2.75) is 13.5 Å². The van der Waals surface area contributed by atoms with Crippen LogP contribution < -0.4 is 5.56 Å². The van der Waals surface area contributed by atoms with Crippen molar-refractivity contribution in [2.75, 3.05) is 0 Å². The van der Waals surface area contributed by atoms with E-state index in [2.05, 4.69) is 4.98 Å². The molecular formula is C10H10N2OS. The average molecular weight is 206 g/mol. The molecule has 2 heterocycles.